The lowest BCUT2D eigenvalue weighted by Gasteiger charge is -2.36. The highest BCUT2D eigenvalue weighted by atomic mass is 32.1. The van der Waals surface area contributed by atoms with Gasteiger partial charge in [0.15, 0.2) is 5.96 Å². The van der Waals surface area contributed by atoms with Crippen LogP contribution in [0.1, 0.15) is 22.4 Å². The van der Waals surface area contributed by atoms with Crippen LogP contribution in [0.3, 0.4) is 0 Å². The van der Waals surface area contributed by atoms with Crippen LogP contribution in [0.2, 0.25) is 0 Å². The standard InChI is InChI=1S/C17H25N5OS/c1-3-18-17(19-12-16-5-4-14(2)24-16)22-9-7-21(8-10-22)13-15-6-11-23-20-15/h4-6,11H,3,7-10,12-13H2,1-2H3,(H,18,19). The first-order valence-corrected chi connectivity index (χ1v) is 9.26. The molecule has 1 aliphatic rings. The summed E-state index contributed by atoms with van der Waals surface area (Å²) in [6.07, 6.45) is 1.63. The van der Waals surface area contributed by atoms with Crippen molar-refractivity contribution in [2.45, 2.75) is 26.9 Å². The zero-order chi connectivity index (χ0) is 16.8. The van der Waals surface area contributed by atoms with Crippen molar-refractivity contribution in [2.24, 2.45) is 4.99 Å². The summed E-state index contributed by atoms with van der Waals surface area (Å²) in [5, 5.41) is 7.42. The van der Waals surface area contributed by atoms with Gasteiger partial charge in [-0.3, -0.25) is 4.90 Å². The zero-order valence-corrected chi connectivity index (χ0v) is 15.2. The summed E-state index contributed by atoms with van der Waals surface area (Å²) >= 11 is 1.82. The fourth-order valence-corrected chi connectivity index (χ4v) is 3.63. The minimum atomic E-state index is 0.750. The van der Waals surface area contributed by atoms with Crippen molar-refractivity contribution in [3.63, 3.8) is 0 Å². The van der Waals surface area contributed by atoms with Crippen molar-refractivity contribution in [2.75, 3.05) is 32.7 Å². The van der Waals surface area contributed by atoms with Crippen molar-refractivity contribution in [3.8, 4) is 0 Å². The number of hydrogen-bond acceptors (Lipinski definition) is 5. The molecule has 0 bridgehead atoms. The summed E-state index contributed by atoms with van der Waals surface area (Å²) in [5.41, 5.74) is 0.997. The highest BCUT2D eigenvalue weighted by Gasteiger charge is 2.20. The largest absolute Gasteiger partial charge is 0.364 e. The van der Waals surface area contributed by atoms with Crippen molar-refractivity contribution in [3.05, 3.63) is 39.9 Å². The number of thiophene rings is 1. The smallest absolute Gasteiger partial charge is 0.194 e. The molecule has 3 rings (SSSR count). The number of aromatic nitrogens is 1. The van der Waals surface area contributed by atoms with Crippen LogP contribution in [0.25, 0.3) is 0 Å². The van der Waals surface area contributed by atoms with E-state index in [4.69, 9.17) is 9.52 Å². The van der Waals surface area contributed by atoms with Gasteiger partial charge in [-0.25, -0.2) is 4.99 Å². The van der Waals surface area contributed by atoms with Crippen LogP contribution in [0.4, 0.5) is 0 Å². The Morgan fingerprint density at radius 3 is 2.75 bits per heavy atom. The number of piperazine rings is 1. The summed E-state index contributed by atoms with van der Waals surface area (Å²) in [6, 6.07) is 6.26. The maximum atomic E-state index is 4.91. The molecular formula is C17H25N5OS. The van der Waals surface area contributed by atoms with E-state index >= 15 is 0 Å². The minimum Gasteiger partial charge on any atom is -0.364 e. The highest BCUT2D eigenvalue weighted by Crippen LogP contribution is 2.16. The van der Waals surface area contributed by atoms with Gasteiger partial charge in [0.1, 0.15) is 6.26 Å². The van der Waals surface area contributed by atoms with Gasteiger partial charge in [0.2, 0.25) is 0 Å². The Bertz CT molecular complexity index is 644. The maximum Gasteiger partial charge on any atom is 0.194 e. The van der Waals surface area contributed by atoms with Gasteiger partial charge in [-0.15, -0.1) is 11.3 Å². The van der Waals surface area contributed by atoms with Crippen LogP contribution in [0.5, 0.6) is 0 Å². The Morgan fingerprint density at radius 1 is 1.29 bits per heavy atom. The van der Waals surface area contributed by atoms with Crippen LogP contribution < -0.4 is 5.32 Å². The van der Waals surface area contributed by atoms with Gasteiger partial charge in [-0.1, -0.05) is 5.16 Å². The van der Waals surface area contributed by atoms with Crippen LogP contribution >= 0.6 is 11.3 Å². The molecule has 0 spiro atoms. The molecule has 6 nitrogen and oxygen atoms in total. The van der Waals surface area contributed by atoms with Crippen molar-refractivity contribution < 1.29 is 4.52 Å². The third-order valence-electron chi connectivity index (χ3n) is 4.06. The Labute approximate surface area is 147 Å². The van der Waals surface area contributed by atoms with E-state index in [1.165, 1.54) is 9.75 Å². The molecule has 130 valence electrons. The van der Waals surface area contributed by atoms with Gasteiger partial charge in [-0.05, 0) is 26.0 Å². The number of nitrogens with zero attached hydrogens (tertiary/aromatic N) is 4. The van der Waals surface area contributed by atoms with E-state index in [0.29, 0.717) is 0 Å². The Balaban J connectivity index is 1.54. The van der Waals surface area contributed by atoms with Crippen molar-refractivity contribution in [1.82, 2.24) is 20.3 Å². The fraction of sp³-hybridized carbons (Fsp3) is 0.529. The second-order valence-electron chi connectivity index (χ2n) is 5.94. The predicted molar refractivity (Wildman–Crippen MR) is 97.2 cm³/mol. The first-order chi connectivity index (χ1) is 11.7. The summed E-state index contributed by atoms with van der Waals surface area (Å²) in [7, 11) is 0. The first kappa shape index (κ1) is 17.0. The number of nitrogens with one attached hydrogen (secondary N) is 1. The number of aryl methyl sites for hydroxylation is 1. The summed E-state index contributed by atoms with van der Waals surface area (Å²) in [6.45, 7) is 10.7. The molecule has 0 saturated carbocycles. The molecule has 2 aromatic rings. The Hall–Kier alpha value is -1.86. The zero-order valence-electron chi connectivity index (χ0n) is 14.4. The third kappa shape index (κ3) is 4.58. The second-order valence-corrected chi connectivity index (χ2v) is 7.31. The molecule has 1 saturated heterocycles. The Morgan fingerprint density at radius 2 is 2.12 bits per heavy atom. The van der Waals surface area contributed by atoms with Crippen molar-refractivity contribution in [1.29, 1.82) is 0 Å². The number of aliphatic imine (C=N–C) groups is 1. The van der Waals surface area contributed by atoms with Gasteiger partial charge in [0.25, 0.3) is 0 Å². The van der Waals surface area contributed by atoms with E-state index in [1.807, 2.05) is 17.4 Å². The SMILES string of the molecule is CCNC(=NCc1ccc(C)s1)N1CCN(Cc2ccon2)CC1. The average Bonchev–Trinajstić information content (AvgIpc) is 3.24. The second kappa shape index (κ2) is 8.30. The van der Waals surface area contributed by atoms with Crippen LogP contribution in [-0.4, -0.2) is 53.6 Å². The number of guanidine groups is 1. The van der Waals surface area contributed by atoms with E-state index in [9.17, 15) is 0 Å². The molecule has 1 aliphatic heterocycles. The first-order valence-electron chi connectivity index (χ1n) is 8.45. The highest BCUT2D eigenvalue weighted by molar-refractivity contribution is 7.11. The van der Waals surface area contributed by atoms with Gasteiger partial charge < -0.3 is 14.7 Å². The van der Waals surface area contributed by atoms with Crippen LogP contribution in [-0.2, 0) is 13.1 Å². The van der Waals surface area contributed by atoms with E-state index in [2.05, 4.69) is 46.3 Å². The van der Waals surface area contributed by atoms with Gasteiger partial charge in [0.05, 0.1) is 12.2 Å². The number of hydrogen-bond donors (Lipinski definition) is 1. The van der Waals surface area contributed by atoms with E-state index in [1.54, 1.807) is 6.26 Å². The molecule has 1 fully saturated rings. The van der Waals surface area contributed by atoms with E-state index in [-0.39, 0.29) is 0 Å². The van der Waals surface area contributed by atoms with E-state index in [0.717, 1.165) is 57.5 Å². The molecule has 7 heteroatoms. The topological polar surface area (TPSA) is 56.9 Å². The van der Waals surface area contributed by atoms with Gasteiger partial charge in [0, 0.05) is 55.1 Å². The summed E-state index contributed by atoms with van der Waals surface area (Å²) < 4.78 is 4.91. The number of rotatable bonds is 5. The maximum absolute atomic E-state index is 4.91. The predicted octanol–water partition coefficient (Wildman–Crippen LogP) is 2.33. The molecule has 1 N–H and O–H groups in total. The van der Waals surface area contributed by atoms with Crippen molar-refractivity contribution >= 4 is 17.3 Å². The molecular weight excluding hydrogens is 322 g/mol. The Kier molecular flexibility index (Phi) is 5.87. The summed E-state index contributed by atoms with van der Waals surface area (Å²) in [4.78, 5) is 12.2. The lowest BCUT2D eigenvalue weighted by atomic mass is 10.3. The molecule has 2 aromatic heterocycles. The van der Waals surface area contributed by atoms with Gasteiger partial charge in [-0.2, -0.15) is 0 Å². The van der Waals surface area contributed by atoms with Crippen LogP contribution in [0, 0.1) is 6.92 Å². The molecule has 0 atom stereocenters. The molecule has 24 heavy (non-hydrogen) atoms. The quantitative estimate of drug-likeness (QED) is 0.664. The molecule has 0 aliphatic carbocycles. The fourth-order valence-electron chi connectivity index (χ4n) is 2.81. The summed E-state index contributed by atoms with van der Waals surface area (Å²) in [5.74, 6) is 1.02. The van der Waals surface area contributed by atoms with E-state index < -0.39 is 0 Å². The lowest BCUT2D eigenvalue weighted by Crippen LogP contribution is -2.52. The molecule has 3 heterocycles. The molecule has 0 amide bonds. The minimum absolute atomic E-state index is 0.750. The lowest BCUT2D eigenvalue weighted by molar-refractivity contribution is 0.169. The molecule has 0 unspecified atom stereocenters. The molecule has 0 radical (unpaired) electrons. The average molecular weight is 347 g/mol. The molecule has 0 aromatic carbocycles. The monoisotopic (exact) mass is 347 g/mol. The van der Waals surface area contributed by atoms with Crippen LogP contribution in [0.15, 0.2) is 34.0 Å². The van der Waals surface area contributed by atoms with Gasteiger partial charge >= 0.3 is 0 Å². The normalized spacial score (nSPS) is 16.6. The third-order valence-corrected chi connectivity index (χ3v) is 5.05.